The Balaban J connectivity index is 1.77. The minimum atomic E-state index is -0.0993. The van der Waals surface area contributed by atoms with Crippen LogP contribution in [0, 0.1) is 6.92 Å². The first kappa shape index (κ1) is 19.3. The molecule has 1 N–H and O–H groups in total. The van der Waals surface area contributed by atoms with Crippen LogP contribution >= 0.6 is 0 Å². The first-order valence-corrected chi connectivity index (χ1v) is 9.35. The van der Waals surface area contributed by atoms with E-state index in [4.69, 9.17) is 4.74 Å². The summed E-state index contributed by atoms with van der Waals surface area (Å²) in [5.74, 6) is 0.575. The van der Waals surface area contributed by atoms with Gasteiger partial charge in [-0.3, -0.25) is 9.69 Å². The monoisotopic (exact) mass is 368 g/mol. The molecule has 6 heteroatoms. The molecule has 6 nitrogen and oxygen atoms in total. The molecule has 2 heterocycles. The Morgan fingerprint density at radius 1 is 1.26 bits per heavy atom. The van der Waals surface area contributed by atoms with Crippen LogP contribution in [0.3, 0.4) is 0 Å². The predicted octanol–water partition coefficient (Wildman–Crippen LogP) is 2.26. The fourth-order valence-electron chi connectivity index (χ4n) is 3.44. The molecule has 1 aromatic heterocycles. The van der Waals surface area contributed by atoms with Crippen LogP contribution in [0.5, 0.6) is 0 Å². The minimum absolute atomic E-state index is 0.0993. The van der Waals surface area contributed by atoms with Crippen LogP contribution in [0.1, 0.15) is 27.5 Å². The second-order valence-electron chi connectivity index (χ2n) is 7.06. The molecular weight excluding hydrogens is 340 g/mol. The summed E-state index contributed by atoms with van der Waals surface area (Å²) in [6.45, 7) is 5.82. The molecule has 1 amide bonds. The molecule has 0 aliphatic carbocycles. The molecule has 0 bridgehead atoms. The van der Waals surface area contributed by atoms with Crippen molar-refractivity contribution >= 4 is 11.7 Å². The number of aromatic nitrogens is 1. The summed E-state index contributed by atoms with van der Waals surface area (Å²) in [6.07, 6.45) is 1.70. The number of ether oxygens (including phenoxy) is 1. The van der Waals surface area contributed by atoms with Gasteiger partial charge in [-0.15, -0.1) is 0 Å². The number of rotatable bonds is 6. The number of anilines is 1. The number of hydrogen-bond donors (Lipinski definition) is 1. The van der Waals surface area contributed by atoms with E-state index < -0.39 is 0 Å². The molecule has 1 atom stereocenters. The van der Waals surface area contributed by atoms with Gasteiger partial charge in [0.25, 0.3) is 5.91 Å². The highest BCUT2D eigenvalue weighted by atomic mass is 16.5. The lowest BCUT2D eigenvalue weighted by Crippen LogP contribution is -2.44. The van der Waals surface area contributed by atoms with Crippen molar-refractivity contribution in [3.63, 3.8) is 0 Å². The predicted molar refractivity (Wildman–Crippen MR) is 107 cm³/mol. The van der Waals surface area contributed by atoms with Crippen molar-refractivity contribution in [2.75, 3.05) is 51.8 Å². The van der Waals surface area contributed by atoms with Crippen LogP contribution in [-0.4, -0.2) is 62.7 Å². The third-order valence-corrected chi connectivity index (χ3v) is 4.82. The van der Waals surface area contributed by atoms with Gasteiger partial charge in [0.1, 0.15) is 5.82 Å². The lowest BCUT2D eigenvalue weighted by molar-refractivity contribution is 0.0162. The van der Waals surface area contributed by atoms with Crippen LogP contribution in [0.2, 0.25) is 0 Å². The molecule has 2 aromatic rings. The SMILES string of the molecule is Cc1cccc(C(CNC(=O)c2cccnc2N(C)C)N2CCOCC2)c1. The third kappa shape index (κ3) is 4.84. The number of morpholine rings is 1. The number of nitrogens with zero attached hydrogens (tertiary/aromatic N) is 3. The Labute approximate surface area is 161 Å². The van der Waals surface area contributed by atoms with Crippen LogP contribution in [-0.2, 0) is 4.74 Å². The smallest absolute Gasteiger partial charge is 0.255 e. The number of pyridine rings is 1. The van der Waals surface area contributed by atoms with E-state index >= 15 is 0 Å². The van der Waals surface area contributed by atoms with E-state index in [0.29, 0.717) is 17.9 Å². The molecule has 0 spiro atoms. The van der Waals surface area contributed by atoms with E-state index in [-0.39, 0.29) is 11.9 Å². The van der Waals surface area contributed by atoms with Crippen molar-refractivity contribution in [1.82, 2.24) is 15.2 Å². The van der Waals surface area contributed by atoms with E-state index in [0.717, 1.165) is 26.3 Å². The fourth-order valence-corrected chi connectivity index (χ4v) is 3.44. The number of carbonyl (C=O) groups is 1. The third-order valence-electron chi connectivity index (χ3n) is 4.82. The number of hydrogen-bond acceptors (Lipinski definition) is 5. The van der Waals surface area contributed by atoms with Crippen molar-refractivity contribution in [2.24, 2.45) is 0 Å². The zero-order valence-electron chi connectivity index (χ0n) is 16.3. The van der Waals surface area contributed by atoms with Gasteiger partial charge in [0.05, 0.1) is 24.8 Å². The van der Waals surface area contributed by atoms with Crippen molar-refractivity contribution < 1.29 is 9.53 Å². The van der Waals surface area contributed by atoms with E-state index in [1.807, 2.05) is 25.1 Å². The maximum absolute atomic E-state index is 12.8. The summed E-state index contributed by atoms with van der Waals surface area (Å²) in [5.41, 5.74) is 3.03. The zero-order valence-corrected chi connectivity index (χ0v) is 16.3. The van der Waals surface area contributed by atoms with Crippen LogP contribution in [0.4, 0.5) is 5.82 Å². The fraction of sp³-hybridized carbons (Fsp3) is 0.429. The van der Waals surface area contributed by atoms with Gasteiger partial charge in [0, 0.05) is 39.9 Å². The maximum Gasteiger partial charge on any atom is 0.255 e. The summed E-state index contributed by atoms with van der Waals surface area (Å²) in [5, 5.41) is 3.12. The molecule has 3 rings (SSSR count). The summed E-state index contributed by atoms with van der Waals surface area (Å²) >= 11 is 0. The quantitative estimate of drug-likeness (QED) is 0.848. The molecule has 27 heavy (non-hydrogen) atoms. The van der Waals surface area contributed by atoms with E-state index in [1.165, 1.54) is 11.1 Å². The lowest BCUT2D eigenvalue weighted by atomic mass is 10.0. The Bertz CT molecular complexity index is 772. The normalized spacial score (nSPS) is 16.0. The lowest BCUT2D eigenvalue weighted by Gasteiger charge is -2.35. The number of aryl methyl sites for hydroxylation is 1. The van der Waals surface area contributed by atoms with Gasteiger partial charge in [0.15, 0.2) is 0 Å². The minimum Gasteiger partial charge on any atom is -0.379 e. The van der Waals surface area contributed by atoms with Crippen molar-refractivity contribution in [2.45, 2.75) is 13.0 Å². The van der Waals surface area contributed by atoms with Gasteiger partial charge in [0.2, 0.25) is 0 Å². The summed E-state index contributed by atoms with van der Waals surface area (Å²) in [4.78, 5) is 21.4. The van der Waals surface area contributed by atoms with Gasteiger partial charge in [-0.2, -0.15) is 0 Å². The summed E-state index contributed by atoms with van der Waals surface area (Å²) < 4.78 is 5.50. The van der Waals surface area contributed by atoms with Gasteiger partial charge in [-0.1, -0.05) is 29.8 Å². The first-order chi connectivity index (χ1) is 13.1. The molecular formula is C21H28N4O2. The number of benzene rings is 1. The molecule has 144 valence electrons. The average Bonchev–Trinajstić information content (AvgIpc) is 2.69. The van der Waals surface area contributed by atoms with Gasteiger partial charge in [-0.05, 0) is 24.6 Å². The number of nitrogens with one attached hydrogen (secondary N) is 1. The Morgan fingerprint density at radius 3 is 2.74 bits per heavy atom. The summed E-state index contributed by atoms with van der Waals surface area (Å²) in [6, 6.07) is 12.2. The number of carbonyl (C=O) groups excluding carboxylic acids is 1. The highest BCUT2D eigenvalue weighted by Gasteiger charge is 2.24. The van der Waals surface area contributed by atoms with Gasteiger partial charge >= 0.3 is 0 Å². The molecule has 0 saturated carbocycles. The largest absolute Gasteiger partial charge is 0.379 e. The van der Waals surface area contributed by atoms with Gasteiger partial charge in [-0.25, -0.2) is 4.98 Å². The molecule has 1 aliphatic heterocycles. The van der Waals surface area contributed by atoms with E-state index in [1.54, 1.807) is 12.3 Å². The van der Waals surface area contributed by atoms with Crippen molar-refractivity contribution in [1.29, 1.82) is 0 Å². The highest BCUT2D eigenvalue weighted by molar-refractivity contribution is 5.98. The molecule has 1 saturated heterocycles. The standard InChI is InChI=1S/C21H28N4O2/c1-16-6-4-7-17(14-16)19(25-10-12-27-13-11-25)15-23-21(26)18-8-5-9-22-20(18)24(2)3/h4-9,14,19H,10-13,15H2,1-3H3,(H,23,26). The Kier molecular flexibility index (Phi) is 6.42. The van der Waals surface area contributed by atoms with Crippen LogP contribution in [0.25, 0.3) is 0 Å². The van der Waals surface area contributed by atoms with Crippen molar-refractivity contribution in [3.8, 4) is 0 Å². The Morgan fingerprint density at radius 2 is 2.04 bits per heavy atom. The van der Waals surface area contributed by atoms with E-state index in [9.17, 15) is 4.79 Å². The first-order valence-electron chi connectivity index (χ1n) is 9.35. The average molecular weight is 368 g/mol. The molecule has 0 radical (unpaired) electrons. The van der Waals surface area contributed by atoms with E-state index in [2.05, 4.69) is 46.4 Å². The molecule has 1 aromatic carbocycles. The molecule has 1 aliphatic rings. The summed E-state index contributed by atoms with van der Waals surface area (Å²) in [7, 11) is 3.78. The zero-order chi connectivity index (χ0) is 19.2. The number of amides is 1. The maximum atomic E-state index is 12.8. The van der Waals surface area contributed by atoms with Crippen molar-refractivity contribution in [3.05, 3.63) is 59.3 Å². The molecule has 1 fully saturated rings. The second-order valence-corrected chi connectivity index (χ2v) is 7.06. The van der Waals surface area contributed by atoms with Gasteiger partial charge < -0.3 is 15.0 Å². The van der Waals surface area contributed by atoms with Crippen LogP contribution in [0.15, 0.2) is 42.6 Å². The topological polar surface area (TPSA) is 57.7 Å². The second kappa shape index (κ2) is 8.97. The highest BCUT2D eigenvalue weighted by Crippen LogP contribution is 2.23. The molecule has 1 unspecified atom stereocenters. The van der Waals surface area contributed by atoms with Crippen LogP contribution < -0.4 is 10.2 Å². The Hall–Kier alpha value is -2.44.